The van der Waals surface area contributed by atoms with Gasteiger partial charge in [-0.15, -0.1) is 0 Å². The number of aryl methyl sites for hydroxylation is 1. The number of carbonyl (C=O) groups is 2. The molecule has 0 radical (unpaired) electrons. The van der Waals surface area contributed by atoms with Gasteiger partial charge in [-0.25, -0.2) is 4.79 Å². The van der Waals surface area contributed by atoms with E-state index >= 15 is 0 Å². The highest BCUT2D eigenvalue weighted by molar-refractivity contribution is 5.87. The fraction of sp³-hybridized carbons (Fsp3) is 0.263. The Morgan fingerprint density at radius 1 is 1.12 bits per heavy atom. The molecule has 0 saturated heterocycles. The molecular formula is C19H21NO4. The lowest BCUT2D eigenvalue weighted by atomic mass is 10.0. The maximum Gasteiger partial charge on any atom is 0.328 e. The quantitative estimate of drug-likeness (QED) is 0.795. The number of ether oxygens (including phenoxy) is 1. The Morgan fingerprint density at radius 3 is 2.46 bits per heavy atom. The molecule has 0 heterocycles. The summed E-state index contributed by atoms with van der Waals surface area (Å²) in [6, 6.07) is 15.4. The number of aliphatic hydroxyl groups is 1. The molecule has 5 nitrogen and oxygen atoms in total. The lowest BCUT2D eigenvalue weighted by Crippen LogP contribution is -2.45. The van der Waals surface area contributed by atoms with E-state index in [2.05, 4.69) is 5.32 Å². The molecule has 0 bridgehead atoms. The van der Waals surface area contributed by atoms with Gasteiger partial charge in [-0.1, -0.05) is 60.2 Å². The van der Waals surface area contributed by atoms with E-state index in [-0.39, 0.29) is 0 Å². The van der Waals surface area contributed by atoms with Crippen molar-refractivity contribution in [2.45, 2.75) is 25.5 Å². The van der Waals surface area contributed by atoms with Crippen molar-refractivity contribution in [1.82, 2.24) is 5.32 Å². The highest BCUT2D eigenvalue weighted by Gasteiger charge is 2.26. The van der Waals surface area contributed by atoms with Crippen LogP contribution < -0.4 is 5.32 Å². The lowest BCUT2D eigenvalue weighted by molar-refractivity contribution is -0.146. The Morgan fingerprint density at radius 2 is 1.83 bits per heavy atom. The van der Waals surface area contributed by atoms with Crippen molar-refractivity contribution < 1.29 is 19.4 Å². The van der Waals surface area contributed by atoms with Crippen LogP contribution in [0.1, 0.15) is 22.8 Å². The van der Waals surface area contributed by atoms with Gasteiger partial charge in [0.2, 0.25) is 0 Å². The van der Waals surface area contributed by atoms with Gasteiger partial charge in [0.15, 0.2) is 6.10 Å². The van der Waals surface area contributed by atoms with Gasteiger partial charge in [-0.3, -0.25) is 4.79 Å². The zero-order chi connectivity index (χ0) is 17.5. The van der Waals surface area contributed by atoms with Crippen LogP contribution in [0.3, 0.4) is 0 Å². The van der Waals surface area contributed by atoms with E-state index in [0.29, 0.717) is 12.0 Å². The molecule has 2 aromatic carbocycles. The monoisotopic (exact) mass is 327 g/mol. The zero-order valence-electron chi connectivity index (χ0n) is 13.7. The summed E-state index contributed by atoms with van der Waals surface area (Å²) in [7, 11) is 1.27. The van der Waals surface area contributed by atoms with E-state index in [4.69, 9.17) is 4.74 Å². The summed E-state index contributed by atoms with van der Waals surface area (Å²) in [5, 5.41) is 12.7. The first-order valence-corrected chi connectivity index (χ1v) is 7.68. The summed E-state index contributed by atoms with van der Waals surface area (Å²) >= 11 is 0. The molecule has 0 fully saturated rings. The second kappa shape index (κ2) is 8.26. The third kappa shape index (κ3) is 4.67. The van der Waals surface area contributed by atoms with Crippen molar-refractivity contribution in [2.75, 3.05) is 7.11 Å². The molecule has 2 N–H and O–H groups in total. The fourth-order valence-corrected chi connectivity index (χ4v) is 2.45. The van der Waals surface area contributed by atoms with Crippen molar-refractivity contribution in [2.24, 2.45) is 0 Å². The van der Waals surface area contributed by atoms with Crippen molar-refractivity contribution >= 4 is 11.9 Å². The summed E-state index contributed by atoms with van der Waals surface area (Å²) in [6.45, 7) is 1.95. The average molecular weight is 327 g/mol. The number of hydrogen-bond donors (Lipinski definition) is 2. The average Bonchev–Trinajstić information content (AvgIpc) is 2.60. The molecule has 24 heavy (non-hydrogen) atoms. The summed E-state index contributed by atoms with van der Waals surface area (Å²) in [5.41, 5.74) is 2.43. The van der Waals surface area contributed by atoms with Crippen molar-refractivity contribution in [3.8, 4) is 0 Å². The van der Waals surface area contributed by atoms with Gasteiger partial charge >= 0.3 is 5.97 Å². The van der Waals surface area contributed by atoms with Crippen LogP contribution in [0.5, 0.6) is 0 Å². The van der Waals surface area contributed by atoms with Gasteiger partial charge in [0.05, 0.1) is 7.11 Å². The highest BCUT2D eigenvalue weighted by atomic mass is 16.5. The second-order valence-electron chi connectivity index (χ2n) is 5.59. The number of rotatable bonds is 6. The number of hydrogen-bond acceptors (Lipinski definition) is 4. The van der Waals surface area contributed by atoms with Crippen LogP contribution in [0.2, 0.25) is 0 Å². The van der Waals surface area contributed by atoms with Gasteiger partial charge in [0, 0.05) is 6.42 Å². The standard InChI is InChI=1S/C19H21NO4/c1-13-7-6-8-14(11-13)12-16(19(23)24-2)20-18(22)17(21)15-9-4-3-5-10-15/h3-11,16-17,21H,12H2,1-2H3,(H,20,22)/t16-,17+/m1/s1. The van der Waals surface area contributed by atoms with E-state index in [9.17, 15) is 14.7 Å². The maximum absolute atomic E-state index is 12.3. The third-order valence-corrected chi connectivity index (χ3v) is 3.69. The van der Waals surface area contributed by atoms with Crippen molar-refractivity contribution in [1.29, 1.82) is 0 Å². The molecule has 0 unspecified atom stereocenters. The van der Waals surface area contributed by atoms with Gasteiger partial charge < -0.3 is 15.2 Å². The molecule has 0 aliphatic carbocycles. The van der Waals surface area contributed by atoms with E-state index in [1.165, 1.54) is 7.11 Å². The molecular weight excluding hydrogens is 306 g/mol. The van der Waals surface area contributed by atoms with E-state index < -0.39 is 24.0 Å². The number of esters is 1. The van der Waals surface area contributed by atoms with Gasteiger partial charge in [0.1, 0.15) is 6.04 Å². The molecule has 2 atom stereocenters. The summed E-state index contributed by atoms with van der Waals surface area (Å²) in [5.74, 6) is -1.19. The lowest BCUT2D eigenvalue weighted by Gasteiger charge is -2.19. The Labute approximate surface area is 141 Å². The van der Waals surface area contributed by atoms with Crippen LogP contribution in [0.15, 0.2) is 54.6 Å². The minimum absolute atomic E-state index is 0.293. The molecule has 0 spiro atoms. The van der Waals surface area contributed by atoms with Gasteiger partial charge in [0.25, 0.3) is 5.91 Å². The topological polar surface area (TPSA) is 75.6 Å². The first-order valence-electron chi connectivity index (χ1n) is 7.68. The largest absolute Gasteiger partial charge is 0.467 e. The SMILES string of the molecule is COC(=O)[C@@H](Cc1cccc(C)c1)NC(=O)[C@@H](O)c1ccccc1. The number of amides is 1. The van der Waals surface area contributed by atoms with E-state index in [1.807, 2.05) is 31.2 Å². The predicted octanol–water partition coefficient (Wildman–Crippen LogP) is 1.93. The Balaban J connectivity index is 2.11. The van der Waals surface area contributed by atoms with E-state index in [0.717, 1.165) is 11.1 Å². The van der Waals surface area contributed by atoms with Crippen LogP contribution >= 0.6 is 0 Å². The molecule has 0 saturated carbocycles. The normalized spacial score (nSPS) is 13.0. The number of aliphatic hydroxyl groups excluding tert-OH is 1. The number of benzene rings is 2. The van der Waals surface area contributed by atoms with Crippen LogP contribution in [0, 0.1) is 6.92 Å². The van der Waals surface area contributed by atoms with Crippen molar-refractivity contribution in [3.05, 3.63) is 71.3 Å². The zero-order valence-corrected chi connectivity index (χ0v) is 13.7. The fourth-order valence-electron chi connectivity index (χ4n) is 2.45. The van der Waals surface area contributed by atoms with Crippen LogP contribution in [0.25, 0.3) is 0 Å². The molecule has 2 aromatic rings. The first-order chi connectivity index (χ1) is 11.5. The molecule has 126 valence electrons. The third-order valence-electron chi connectivity index (χ3n) is 3.69. The molecule has 0 aromatic heterocycles. The highest BCUT2D eigenvalue weighted by Crippen LogP contribution is 2.13. The van der Waals surface area contributed by atoms with Gasteiger partial charge in [-0.05, 0) is 18.1 Å². The molecule has 0 aliphatic heterocycles. The summed E-state index contributed by atoms with van der Waals surface area (Å²) in [6.07, 6.45) is -1.04. The Hall–Kier alpha value is -2.66. The Bertz CT molecular complexity index is 700. The molecule has 1 amide bonds. The first kappa shape index (κ1) is 17.7. The molecule has 0 aliphatic rings. The number of nitrogens with one attached hydrogen (secondary N) is 1. The summed E-state index contributed by atoms with van der Waals surface area (Å²) < 4.78 is 4.77. The summed E-state index contributed by atoms with van der Waals surface area (Å²) in [4.78, 5) is 24.2. The number of carbonyl (C=O) groups excluding carboxylic acids is 2. The van der Waals surface area contributed by atoms with Crippen molar-refractivity contribution in [3.63, 3.8) is 0 Å². The number of methoxy groups -OCH3 is 1. The second-order valence-corrected chi connectivity index (χ2v) is 5.59. The van der Waals surface area contributed by atoms with Gasteiger partial charge in [-0.2, -0.15) is 0 Å². The predicted molar refractivity (Wildman–Crippen MR) is 90.2 cm³/mol. The Kier molecular flexibility index (Phi) is 6.09. The maximum atomic E-state index is 12.3. The van der Waals surface area contributed by atoms with E-state index in [1.54, 1.807) is 30.3 Å². The van der Waals surface area contributed by atoms with Crippen LogP contribution in [-0.2, 0) is 20.7 Å². The van der Waals surface area contributed by atoms with Crippen LogP contribution in [0.4, 0.5) is 0 Å². The smallest absolute Gasteiger partial charge is 0.328 e. The molecule has 5 heteroatoms. The minimum atomic E-state index is -1.34. The molecule has 2 rings (SSSR count). The minimum Gasteiger partial charge on any atom is -0.467 e. The van der Waals surface area contributed by atoms with Crippen LogP contribution in [-0.4, -0.2) is 30.1 Å².